The van der Waals surface area contributed by atoms with Gasteiger partial charge in [-0.25, -0.2) is 8.42 Å². The molecule has 2 atom stereocenters. The zero-order valence-electron chi connectivity index (χ0n) is 17.5. The molecule has 0 spiro atoms. The Labute approximate surface area is 178 Å². The summed E-state index contributed by atoms with van der Waals surface area (Å²) in [5.41, 5.74) is 1.75. The van der Waals surface area contributed by atoms with E-state index in [1.165, 1.54) is 5.56 Å². The van der Waals surface area contributed by atoms with Crippen molar-refractivity contribution in [3.8, 4) is 0 Å². The largest absolute Gasteiger partial charge is 0.352 e. The van der Waals surface area contributed by atoms with Crippen LogP contribution >= 0.6 is 0 Å². The minimum atomic E-state index is -3.62. The van der Waals surface area contributed by atoms with Crippen LogP contribution in [0.25, 0.3) is 0 Å². The number of carbonyl (C=O) groups is 1. The van der Waals surface area contributed by atoms with Crippen molar-refractivity contribution in [2.45, 2.75) is 62.9 Å². The molecule has 1 aliphatic heterocycles. The number of fused-ring (bicyclic) bond motifs is 1. The van der Waals surface area contributed by atoms with Gasteiger partial charge in [0.05, 0.1) is 4.90 Å². The Morgan fingerprint density at radius 2 is 1.77 bits per heavy atom. The van der Waals surface area contributed by atoms with E-state index in [-0.39, 0.29) is 22.7 Å². The molecule has 30 heavy (non-hydrogen) atoms. The normalized spacial score (nSPS) is 17.7. The highest BCUT2D eigenvalue weighted by Crippen LogP contribution is 2.23. The van der Waals surface area contributed by atoms with Crippen molar-refractivity contribution in [3.63, 3.8) is 0 Å². The number of aliphatic imine (C=N–C) groups is 1. The molecule has 1 heterocycles. The highest BCUT2D eigenvalue weighted by atomic mass is 32.2. The second-order valence-corrected chi connectivity index (χ2v) is 9.32. The van der Waals surface area contributed by atoms with Gasteiger partial charge in [-0.05, 0) is 43.9 Å². The van der Waals surface area contributed by atoms with Gasteiger partial charge in [0.25, 0.3) is 10.0 Å². The van der Waals surface area contributed by atoms with E-state index in [9.17, 15) is 13.2 Å². The molecule has 160 valence electrons. The first-order chi connectivity index (χ1) is 14.4. The summed E-state index contributed by atoms with van der Waals surface area (Å²) in [4.78, 5) is 17.7. The lowest BCUT2D eigenvalue weighted by molar-refractivity contribution is -0.123. The fraction of sp³-hybridized carbons (Fsp3) is 0.391. The van der Waals surface area contributed by atoms with Crippen LogP contribution in [-0.4, -0.2) is 32.2 Å². The van der Waals surface area contributed by atoms with Crippen molar-refractivity contribution in [1.29, 1.82) is 0 Å². The van der Waals surface area contributed by atoms with Gasteiger partial charge in [-0.1, -0.05) is 62.2 Å². The lowest BCUT2D eigenvalue weighted by atomic mass is 10.0. The molecule has 0 bridgehead atoms. The first kappa shape index (κ1) is 22.0. The number of aryl methyl sites for hydroxylation is 1. The molecule has 0 aromatic heterocycles. The maximum atomic E-state index is 12.9. The van der Waals surface area contributed by atoms with E-state index >= 15 is 0 Å². The summed E-state index contributed by atoms with van der Waals surface area (Å²) in [6, 6.07) is 16.2. The summed E-state index contributed by atoms with van der Waals surface area (Å²) in [7, 11) is -3.62. The van der Waals surface area contributed by atoms with Gasteiger partial charge in [-0.2, -0.15) is 0 Å². The number of sulfonamides is 1. The Hall–Kier alpha value is -2.67. The zero-order valence-corrected chi connectivity index (χ0v) is 18.3. The molecule has 0 saturated heterocycles. The van der Waals surface area contributed by atoms with Gasteiger partial charge in [0, 0.05) is 11.6 Å². The number of amidine groups is 1. The Morgan fingerprint density at radius 3 is 2.50 bits per heavy atom. The lowest BCUT2D eigenvalue weighted by Gasteiger charge is -2.18. The third-order valence-electron chi connectivity index (χ3n) is 5.18. The van der Waals surface area contributed by atoms with Crippen molar-refractivity contribution in [3.05, 3.63) is 65.7 Å². The molecule has 0 radical (unpaired) electrons. The molecule has 0 saturated carbocycles. The first-order valence-corrected chi connectivity index (χ1v) is 11.9. The molecule has 7 heteroatoms. The minimum absolute atomic E-state index is 0.00501. The molecule has 1 amide bonds. The standard InChI is InChI=1S/C23H29N3O3S/c1-3-4-13-20(23(27)24-17(2)15-16-18-10-6-5-7-11-18)25-22-19-12-8-9-14-21(19)30(28,29)26-22/h5-12,14,17,20H,3-4,13,15-16H2,1-2H3,(H,24,27)(H,25,26). The van der Waals surface area contributed by atoms with Gasteiger partial charge >= 0.3 is 0 Å². The predicted octanol–water partition coefficient (Wildman–Crippen LogP) is 3.42. The molecular formula is C23H29N3O3S. The fourth-order valence-electron chi connectivity index (χ4n) is 3.48. The molecule has 0 fully saturated rings. The van der Waals surface area contributed by atoms with Crippen molar-refractivity contribution in [2.75, 3.05) is 0 Å². The summed E-state index contributed by atoms with van der Waals surface area (Å²) in [5.74, 6) is 0.0823. The van der Waals surface area contributed by atoms with E-state index in [0.29, 0.717) is 12.0 Å². The average Bonchev–Trinajstić information content (AvgIpc) is 3.00. The minimum Gasteiger partial charge on any atom is -0.352 e. The summed E-state index contributed by atoms with van der Waals surface area (Å²) in [6.45, 7) is 4.04. The maximum Gasteiger partial charge on any atom is 0.263 e. The third kappa shape index (κ3) is 5.48. The average molecular weight is 428 g/mol. The molecule has 0 aliphatic carbocycles. The quantitative estimate of drug-likeness (QED) is 0.643. The van der Waals surface area contributed by atoms with Crippen LogP contribution in [0.4, 0.5) is 0 Å². The second-order valence-electron chi connectivity index (χ2n) is 7.67. The third-order valence-corrected chi connectivity index (χ3v) is 6.58. The lowest BCUT2D eigenvalue weighted by Crippen LogP contribution is -2.40. The van der Waals surface area contributed by atoms with Crippen LogP contribution in [0.1, 0.15) is 50.7 Å². The van der Waals surface area contributed by atoms with Gasteiger partial charge in [-0.3, -0.25) is 14.5 Å². The molecule has 2 N–H and O–H groups in total. The molecule has 1 aliphatic rings. The molecule has 2 aromatic carbocycles. The van der Waals surface area contributed by atoms with Crippen LogP contribution in [-0.2, 0) is 21.2 Å². The monoisotopic (exact) mass is 427 g/mol. The maximum absolute atomic E-state index is 12.9. The smallest absolute Gasteiger partial charge is 0.263 e. The number of benzene rings is 2. The summed E-state index contributed by atoms with van der Waals surface area (Å²) in [5, 5.41) is 3.05. The number of nitrogens with zero attached hydrogens (tertiary/aromatic N) is 1. The van der Waals surface area contributed by atoms with E-state index in [1.54, 1.807) is 24.3 Å². The van der Waals surface area contributed by atoms with Crippen LogP contribution in [0.3, 0.4) is 0 Å². The van der Waals surface area contributed by atoms with Gasteiger partial charge in [0.2, 0.25) is 5.91 Å². The number of rotatable bonds is 9. The molecule has 3 rings (SSSR count). The van der Waals surface area contributed by atoms with E-state index < -0.39 is 16.1 Å². The Balaban J connectivity index is 1.71. The topological polar surface area (TPSA) is 87.6 Å². The van der Waals surface area contributed by atoms with Gasteiger partial charge < -0.3 is 5.32 Å². The Bertz CT molecular complexity index is 1000. The van der Waals surface area contributed by atoms with Crippen LogP contribution in [0.2, 0.25) is 0 Å². The number of nitrogens with one attached hydrogen (secondary N) is 2. The van der Waals surface area contributed by atoms with Crippen molar-refractivity contribution in [1.82, 2.24) is 10.0 Å². The zero-order chi connectivity index (χ0) is 21.6. The molecule has 2 aromatic rings. The summed E-state index contributed by atoms with van der Waals surface area (Å²) in [6.07, 6.45) is 4.04. The van der Waals surface area contributed by atoms with Gasteiger partial charge in [0.15, 0.2) is 0 Å². The van der Waals surface area contributed by atoms with Crippen molar-refractivity contribution >= 4 is 21.8 Å². The fourth-order valence-corrected chi connectivity index (χ4v) is 4.72. The van der Waals surface area contributed by atoms with Gasteiger partial charge in [0.1, 0.15) is 11.9 Å². The summed E-state index contributed by atoms with van der Waals surface area (Å²) >= 11 is 0. The van der Waals surface area contributed by atoms with Crippen molar-refractivity contribution < 1.29 is 13.2 Å². The first-order valence-electron chi connectivity index (χ1n) is 10.4. The Kier molecular flexibility index (Phi) is 7.26. The van der Waals surface area contributed by atoms with Crippen LogP contribution in [0, 0.1) is 0 Å². The highest BCUT2D eigenvalue weighted by Gasteiger charge is 2.31. The second kappa shape index (κ2) is 9.89. The molecule has 6 nitrogen and oxygen atoms in total. The van der Waals surface area contributed by atoms with Crippen molar-refractivity contribution in [2.24, 2.45) is 4.99 Å². The molecule has 2 unspecified atom stereocenters. The number of amides is 1. The number of carbonyl (C=O) groups excluding carboxylic acids is 1. The molecular weight excluding hydrogens is 398 g/mol. The number of hydrogen-bond donors (Lipinski definition) is 2. The van der Waals surface area contributed by atoms with E-state index in [0.717, 1.165) is 25.7 Å². The number of unbranched alkanes of at least 4 members (excludes halogenated alkanes) is 1. The van der Waals surface area contributed by atoms with E-state index in [4.69, 9.17) is 0 Å². The number of hydrogen-bond acceptors (Lipinski definition) is 4. The Morgan fingerprint density at radius 1 is 1.07 bits per heavy atom. The van der Waals surface area contributed by atoms with Crippen LogP contribution < -0.4 is 10.0 Å². The predicted molar refractivity (Wildman–Crippen MR) is 119 cm³/mol. The van der Waals surface area contributed by atoms with Gasteiger partial charge in [-0.15, -0.1) is 0 Å². The highest BCUT2D eigenvalue weighted by molar-refractivity contribution is 7.90. The van der Waals surface area contributed by atoms with Crippen LogP contribution in [0.5, 0.6) is 0 Å². The summed E-state index contributed by atoms with van der Waals surface area (Å²) < 4.78 is 27.2. The van der Waals surface area contributed by atoms with Crippen LogP contribution in [0.15, 0.2) is 64.5 Å². The van der Waals surface area contributed by atoms with E-state index in [2.05, 4.69) is 34.1 Å². The SMILES string of the molecule is CCCCC(N=C1NS(=O)(=O)c2ccccc21)C(=O)NC(C)CCc1ccccc1. The van der Waals surface area contributed by atoms with E-state index in [1.807, 2.05) is 25.1 Å².